The number of nitrogens with zero attached hydrogens (tertiary/aromatic N) is 1. The second-order valence-corrected chi connectivity index (χ2v) is 7.67. The van der Waals surface area contributed by atoms with Crippen molar-refractivity contribution in [3.05, 3.63) is 0 Å². The highest BCUT2D eigenvalue weighted by atomic mass is 16.1. The Bertz CT molecular complexity index is 343. The lowest BCUT2D eigenvalue weighted by Gasteiger charge is -2.40. The second kappa shape index (κ2) is 5.20. The highest BCUT2D eigenvalue weighted by molar-refractivity contribution is 5.87. The van der Waals surface area contributed by atoms with Gasteiger partial charge in [0.05, 0.1) is 5.54 Å². The molecule has 0 spiro atoms. The fourth-order valence-electron chi connectivity index (χ4n) is 4.74. The molecule has 0 aromatic carbocycles. The van der Waals surface area contributed by atoms with Crippen LogP contribution in [0.4, 0.5) is 0 Å². The number of carbonyl (C=O) groups is 1. The number of fused-ring (bicyclic) bond motifs is 2. The summed E-state index contributed by atoms with van der Waals surface area (Å²) in [5, 5.41) is 0. The van der Waals surface area contributed by atoms with Crippen LogP contribution in [0.1, 0.15) is 65.2 Å². The van der Waals surface area contributed by atoms with Gasteiger partial charge in [-0.3, -0.25) is 9.69 Å². The number of Topliss-reactive ketones (excluding diaryl/α,β-unsaturated/α-hetero) is 1. The summed E-state index contributed by atoms with van der Waals surface area (Å²) in [4.78, 5) is 15.2. The molecule has 2 nitrogen and oxygen atoms in total. The minimum absolute atomic E-state index is 0.220. The molecule has 3 atom stereocenters. The van der Waals surface area contributed by atoms with Crippen LogP contribution in [-0.4, -0.2) is 29.3 Å². The summed E-state index contributed by atoms with van der Waals surface area (Å²) in [6.45, 7) is 6.56. The zero-order valence-corrected chi connectivity index (χ0v) is 12.7. The first-order valence-electron chi connectivity index (χ1n) is 8.35. The van der Waals surface area contributed by atoms with Gasteiger partial charge < -0.3 is 0 Å². The van der Waals surface area contributed by atoms with Crippen molar-refractivity contribution in [3.8, 4) is 0 Å². The molecule has 2 saturated carbocycles. The van der Waals surface area contributed by atoms with E-state index in [1.54, 1.807) is 0 Å². The van der Waals surface area contributed by atoms with E-state index in [1.807, 2.05) is 0 Å². The maximum atomic E-state index is 12.8. The van der Waals surface area contributed by atoms with Gasteiger partial charge in [-0.05, 0) is 76.8 Å². The molecule has 108 valence electrons. The second-order valence-electron chi connectivity index (χ2n) is 7.67. The van der Waals surface area contributed by atoms with E-state index in [2.05, 4.69) is 18.7 Å². The first kappa shape index (κ1) is 13.6. The smallest absolute Gasteiger partial charge is 0.152 e. The third-order valence-electron chi connectivity index (χ3n) is 6.16. The van der Waals surface area contributed by atoms with Crippen molar-refractivity contribution >= 4 is 5.78 Å². The number of ketones is 1. The van der Waals surface area contributed by atoms with Gasteiger partial charge in [-0.2, -0.15) is 0 Å². The Hall–Kier alpha value is -0.370. The van der Waals surface area contributed by atoms with Crippen molar-refractivity contribution in [1.82, 2.24) is 4.90 Å². The standard InChI is InChI=1S/C17H29NO/c1-17(2,18-8-4-3-5-9-18)16(19)12-15-11-13-6-7-14(15)10-13/h13-15H,3-12H2,1-2H3. The molecule has 2 heteroatoms. The molecule has 1 heterocycles. The van der Waals surface area contributed by atoms with Crippen LogP contribution >= 0.6 is 0 Å². The van der Waals surface area contributed by atoms with Crippen LogP contribution in [0.3, 0.4) is 0 Å². The first-order valence-corrected chi connectivity index (χ1v) is 8.35. The van der Waals surface area contributed by atoms with Gasteiger partial charge in [0, 0.05) is 6.42 Å². The van der Waals surface area contributed by atoms with E-state index in [0.717, 1.165) is 37.3 Å². The summed E-state index contributed by atoms with van der Waals surface area (Å²) in [5.74, 6) is 3.06. The van der Waals surface area contributed by atoms with Gasteiger partial charge in [-0.15, -0.1) is 0 Å². The summed E-state index contributed by atoms with van der Waals surface area (Å²) < 4.78 is 0. The third-order valence-corrected chi connectivity index (χ3v) is 6.16. The monoisotopic (exact) mass is 263 g/mol. The molecule has 0 aromatic heterocycles. The summed E-state index contributed by atoms with van der Waals surface area (Å²) in [6.07, 6.45) is 10.3. The van der Waals surface area contributed by atoms with Crippen molar-refractivity contribution in [1.29, 1.82) is 0 Å². The Morgan fingerprint density at radius 3 is 2.42 bits per heavy atom. The summed E-state index contributed by atoms with van der Waals surface area (Å²) >= 11 is 0. The molecular weight excluding hydrogens is 234 g/mol. The average molecular weight is 263 g/mol. The molecule has 3 rings (SSSR count). The van der Waals surface area contributed by atoms with Gasteiger partial charge in [-0.1, -0.05) is 12.8 Å². The average Bonchev–Trinajstić information content (AvgIpc) is 3.02. The number of piperidine rings is 1. The van der Waals surface area contributed by atoms with Crippen LogP contribution in [0.15, 0.2) is 0 Å². The summed E-state index contributed by atoms with van der Waals surface area (Å²) in [5.41, 5.74) is -0.220. The van der Waals surface area contributed by atoms with Crippen LogP contribution in [0.25, 0.3) is 0 Å². The third kappa shape index (κ3) is 2.61. The van der Waals surface area contributed by atoms with Crippen LogP contribution in [0.5, 0.6) is 0 Å². The molecule has 0 radical (unpaired) electrons. The van der Waals surface area contributed by atoms with Gasteiger partial charge in [0.15, 0.2) is 5.78 Å². The van der Waals surface area contributed by atoms with Crippen molar-refractivity contribution in [2.75, 3.05) is 13.1 Å². The molecule has 3 aliphatic rings. The van der Waals surface area contributed by atoms with Crippen LogP contribution < -0.4 is 0 Å². The van der Waals surface area contributed by atoms with E-state index in [4.69, 9.17) is 0 Å². The topological polar surface area (TPSA) is 20.3 Å². The van der Waals surface area contributed by atoms with Gasteiger partial charge >= 0.3 is 0 Å². The molecule has 0 amide bonds. The van der Waals surface area contributed by atoms with Gasteiger partial charge in [0.1, 0.15) is 0 Å². The lowest BCUT2D eigenvalue weighted by Crippen LogP contribution is -2.52. The van der Waals surface area contributed by atoms with Gasteiger partial charge in [0.2, 0.25) is 0 Å². The van der Waals surface area contributed by atoms with Crippen molar-refractivity contribution in [2.24, 2.45) is 17.8 Å². The highest BCUT2D eigenvalue weighted by Crippen LogP contribution is 2.50. The molecule has 3 unspecified atom stereocenters. The van der Waals surface area contributed by atoms with Crippen molar-refractivity contribution in [3.63, 3.8) is 0 Å². The largest absolute Gasteiger partial charge is 0.298 e. The van der Waals surface area contributed by atoms with E-state index in [0.29, 0.717) is 5.78 Å². The summed E-state index contributed by atoms with van der Waals surface area (Å²) in [6, 6.07) is 0. The number of likely N-dealkylation sites (tertiary alicyclic amines) is 1. The molecule has 1 saturated heterocycles. The lowest BCUT2D eigenvalue weighted by atomic mass is 9.81. The molecular formula is C17H29NO. The van der Waals surface area contributed by atoms with Crippen LogP contribution in [0.2, 0.25) is 0 Å². The summed E-state index contributed by atoms with van der Waals surface area (Å²) in [7, 11) is 0. The fraction of sp³-hybridized carbons (Fsp3) is 0.941. The molecule has 2 bridgehead atoms. The van der Waals surface area contributed by atoms with Gasteiger partial charge in [0.25, 0.3) is 0 Å². The number of hydrogen-bond acceptors (Lipinski definition) is 2. The lowest BCUT2D eigenvalue weighted by molar-refractivity contribution is -0.131. The number of rotatable bonds is 4. The predicted molar refractivity (Wildman–Crippen MR) is 78.1 cm³/mol. The first-order chi connectivity index (χ1) is 9.07. The Balaban J connectivity index is 1.59. The number of carbonyl (C=O) groups excluding carboxylic acids is 1. The molecule has 2 aliphatic carbocycles. The Kier molecular flexibility index (Phi) is 3.72. The zero-order chi connectivity index (χ0) is 13.5. The van der Waals surface area contributed by atoms with E-state index >= 15 is 0 Å². The van der Waals surface area contributed by atoms with Crippen molar-refractivity contribution < 1.29 is 4.79 Å². The molecule has 3 fully saturated rings. The molecule has 0 aromatic rings. The molecule has 0 N–H and O–H groups in total. The fourth-order valence-corrected chi connectivity index (χ4v) is 4.74. The molecule has 19 heavy (non-hydrogen) atoms. The van der Waals surface area contributed by atoms with Crippen molar-refractivity contribution in [2.45, 2.75) is 70.8 Å². The normalized spacial score (nSPS) is 35.8. The zero-order valence-electron chi connectivity index (χ0n) is 12.7. The number of hydrogen-bond donors (Lipinski definition) is 0. The quantitative estimate of drug-likeness (QED) is 0.771. The van der Waals surface area contributed by atoms with E-state index in [-0.39, 0.29) is 5.54 Å². The van der Waals surface area contributed by atoms with Crippen LogP contribution in [-0.2, 0) is 4.79 Å². The minimum Gasteiger partial charge on any atom is -0.298 e. The maximum Gasteiger partial charge on any atom is 0.152 e. The van der Waals surface area contributed by atoms with Gasteiger partial charge in [-0.25, -0.2) is 0 Å². The van der Waals surface area contributed by atoms with E-state index < -0.39 is 0 Å². The Morgan fingerprint density at radius 1 is 1.11 bits per heavy atom. The van der Waals surface area contributed by atoms with Crippen LogP contribution in [0, 0.1) is 17.8 Å². The van der Waals surface area contributed by atoms with E-state index in [9.17, 15) is 4.79 Å². The Labute approximate surface area is 117 Å². The minimum atomic E-state index is -0.220. The van der Waals surface area contributed by atoms with E-state index in [1.165, 1.54) is 44.9 Å². The maximum absolute atomic E-state index is 12.8. The highest BCUT2D eigenvalue weighted by Gasteiger charge is 2.43. The molecule has 1 aliphatic heterocycles. The predicted octanol–water partition coefficient (Wildman–Crippen LogP) is 3.65. The SMILES string of the molecule is CC(C)(C(=O)CC1CC2CCC1C2)N1CCCCC1. The Morgan fingerprint density at radius 2 is 1.84 bits per heavy atom.